The predicted molar refractivity (Wildman–Crippen MR) is 96.9 cm³/mol. The van der Waals surface area contributed by atoms with Gasteiger partial charge in [-0.3, -0.25) is 4.79 Å². The number of hydrogen-bond donors (Lipinski definition) is 0. The summed E-state index contributed by atoms with van der Waals surface area (Å²) in [6, 6.07) is 30.0. The molecule has 0 heterocycles. The third-order valence-corrected chi connectivity index (χ3v) is 4.93. The summed E-state index contributed by atoms with van der Waals surface area (Å²) in [6.45, 7) is 0. The van der Waals surface area contributed by atoms with E-state index in [0.717, 1.165) is 5.56 Å². The van der Waals surface area contributed by atoms with Crippen molar-refractivity contribution in [3.8, 4) is 0 Å². The van der Waals surface area contributed by atoms with Crippen molar-refractivity contribution < 1.29 is 4.79 Å². The lowest BCUT2D eigenvalue weighted by Gasteiger charge is -2.16. The molecule has 0 fully saturated rings. The Bertz CT molecular complexity index is 739. The number of benzene rings is 3. The summed E-state index contributed by atoms with van der Waals surface area (Å²) in [5.41, 5.74) is 1.97. The van der Waals surface area contributed by atoms with Crippen LogP contribution in [0.3, 0.4) is 0 Å². The van der Waals surface area contributed by atoms with Crippen LogP contribution >= 0.6 is 11.8 Å². The minimum Gasteiger partial charge on any atom is -0.294 e. The summed E-state index contributed by atoms with van der Waals surface area (Å²) >= 11 is 1.74. The fraction of sp³-hybridized carbons (Fsp3) is 0.0952. The van der Waals surface area contributed by atoms with E-state index >= 15 is 0 Å². The Hall–Kier alpha value is -2.32. The maximum Gasteiger partial charge on any atom is 0.164 e. The molecule has 1 nitrogen and oxygen atoms in total. The van der Waals surface area contributed by atoms with Gasteiger partial charge in [0.25, 0.3) is 0 Å². The number of carbonyl (C=O) groups is 1. The lowest BCUT2D eigenvalue weighted by atomic mass is 10.0. The SMILES string of the molecule is O=C(C[C@H](Sc1ccccc1)c1ccccc1)c1ccccc1. The number of carbonyl (C=O) groups excluding carboxylic acids is 1. The quantitative estimate of drug-likeness (QED) is 0.422. The maximum atomic E-state index is 12.6. The second kappa shape index (κ2) is 7.80. The zero-order valence-electron chi connectivity index (χ0n) is 12.8. The molecule has 23 heavy (non-hydrogen) atoms. The molecule has 0 N–H and O–H groups in total. The van der Waals surface area contributed by atoms with Gasteiger partial charge in [0.2, 0.25) is 0 Å². The molecule has 0 radical (unpaired) electrons. The standard InChI is InChI=1S/C21H18OS/c22-20(17-10-4-1-5-11-17)16-21(18-12-6-2-7-13-18)23-19-14-8-3-9-15-19/h1-15,21H,16H2/t21-/m0/s1. The Balaban J connectivity index is 1.82. The summed E-state index contributed by atoms with van der Waals surface area (Å²) < 4.78 is 0. The number of rotatable bonds is 6. The topological polar surface area (TPSA) is 17.1 Å². The van der Waals surface area contributed by atoms with E-state index in [1.165, 1.54) is 10.5 Å². The van der Waals surface area contributed by atoms with Crippen molar-refractivity contribution in [1.29, 1.82) is 0 Å². The van der Waals surface area contributed by atoms with Gasteiger partial charge in [-0.05, 0) is 17.7 Å². The highest BCUT2D eigenvalue weighted by molar-refractivity contribution is 7.99. The highest BCUT2D eigenvalue weighted by Crippen LogP contribution is 2.38. The van der Waals surface area contributed by atoms with Crippen LogP contribution in [0.2, 0.25) is 0 Å². The third-order valence-electron chi connectivity index (χ3n) is 3.66. The Morgan fingerprint density at radius 1 is 0.739 bits per heavy atom. The van der Waals surface area contributed by atoms with Crippen LogP contribution in [0.4, 0.5) is 0 Å². The van der Waals surface area contributed by atoms with Crippen LogP contribution in [0.5, 0.6) is 0 Å². The van der Waals surface area contributed by atoms with Crippen molar-refractivity contribution in [2.75, 3.05) is 0 Å². The first-order valence-electron chi connectivity index (χ1n) is 7.68. The van der Waals surface area contributed by atoms with E-state index < -0.39 is 0 Å². The van der Waals surface area contributed by atoms with E-state index in [9.17, 15) is 4.79 Å². The summed E-state index contributed by atoms with van der Waals surface area (Å²) in [6.07, 6.45) is 0.494. The summed E-state index contributed by atoms with van der Waals surface area (Å²) in [5.74, 6) is 0.183. The minimum atomic E-state index is 0.117. The molecule has 0 saturated heterocycles. The Kier molecular flexibility index (Phi) is 5.28. The molecule has 1 atom stereocenters. The molecule has 3 aromatic rings. The zero-order valence-corrected chi connectivity index (χ0v) is 13.6. The number of ketones is 1. The molecule has 0 unspecified atom stereocenters. The number of thioether (sulfide) groups is 1. The van der Waals surface area contributed by atoms with Crippen molar-refractivity contribution in [3.63, 3.8) is 0 Å². The molecule has 3 aromatic carbocycles. The first-order chi connectivity index (χ1) is 11.3. The Morgan fingerprint density at radius 3 is 1.87 bits per heavy atom. The molecular weight excluding hydrogens is 300 g/mol. The molecule has 0 spiro atoms. The van der Waals surface area contributed by atoms with Crippen LogP contribution in [0.15, 0.2) is 95.9 Å². The monoisotopic (exact) mass is 318 g/mol. The molecule has 114 valence electrons. The number of hydrogen-bond acceptors (Lipinski definition) is 2. The van der Waals surface area contributed by atoms with E-state index in [4.69, 9.17) is 0 Å². The van der Waals surface area contributed by atoms with Crippen molar-refractivity contribution >= 4 is 17.5 Å². The van der Waals surface area contributed by atoms with Gasteiger partial charge >= 0.3 is 0 Å². The molecule has 0 aliphatic rings. The first-order valence-corrected chi connectivity index (χ1v) is 8.56. The lowest BCUT2D eigenvalue weighted by molar-refractivity contribution is 0.0982. The average Bonchev–Trinajstić information content (AvgIpc) is 2.63. The van der Waals surface area contributed by atoms with E-state index in [1.54, 1.807) is 11.8 Å². The Labute approximate surface area is 141 Å². The number of Topliss-reactive ketones (excluding diaryl/α,β-unsaturated/α-hetero) is 1. The summed E-state index contributed by atoms with van der Waals surface area (Å²) in [7, 11) is 0. The zero-order chi connectivity index (χ0) is 15.9. The molecule has 2 heteroatoms. The van der Waals surface area contributed by atoms with Gasteiger partial charge in [0.1, 0.15) is 0 Å². The van der Waals surface area contributed by atoms with Crippen molar-refractivity contribution in [3.05, 3.63) is 102 Å². The summed E-state index contributed by atoms with van der Waals surface area (Å²) in [4.78, 5) is 13.8. The van der Waals surface area contributed by atoms with Gasteiger partial charge in [-0.25, -0.2) is 0 Å². The van der Waals surface area contributed by atoms with E-state index in [0.29, 0.717) is 6.42 Å². The fourth-order valence-electron chi connectivity index (χ4n) is 2.47. The van der Waals surface area contributed by atoms with Crippen LogP contribution in [0, 0.1) is 0 Å². The minimum absolute atomic E-state index is 0.117. The first kappa shape index (κ1) is 15.6. The molecule has 3 rings (SSSR count). The largest absolute Gasteiger partial charge is 0.294 e. The molecular formula is C21H18OS. The predicted octanol–water partition coefficient (Wildman–Crippen LogP) is 5.79. The lowest BCUT2D eigenvalue weighted by Crippen LogP contribution is -2.05. The van der Waals surface area contributed by atoms with Crippen LogP contribution in [-0.2, 0) is 0 Å². The van der Waals surface area contributed by atoms with Gasteiger partial charge in [-0.2, -0.15) is 0 Å². The van der Waals surface area contributed by atoms with E-state index in [2.05, 4.69) is 24.3 Å². The second-order valence-corrected chi connectivity index (χ2v) is 6.60. The molecule has 0 aromatic heterocycles. The average molecular weight is 318 g/mol. The molecule has 0 aliphatic heterocycles. The second-order valence-electron chi connectivity index (χ2n) is 5.32. The molecule has 0 saturated carbocycles. The van der Waals surface area contributed by atoms with E-state index in [1.807, 2.05) is 66.7 Å². The fourth-order valence-corrected chi connectivity index (χ4v) is 3.64. The highest BCUT2D eigenvalue weighted by Gasteiger charge is 2.18. The van der Waals surface area contributed by atoms with E-state index in [-0.39, 0.29) is 11.0 Å². The van der Waals surface area contributed by atoms with Crippen molar-refractivity contribution in [2.24, 2.45) is 0 Å². The van der Waals surface area contributed by atoms with Crippen molar-refractivity contribution in [1.82, 2.24) is 0 Å². The van der Waals surface area contributed by atoms with Gasteiger partial charge in [0.05, 0.1) is 0 Å². The van der Waals surface area contributed by atoms with Gasteiger partial charge in [0.15, 0.2) is 5.78 Å². The normalized spacial score (nSPS) is 11.8. The van der Waals surface area contributed by atoms with Crippen LogP contribution in [-0.4, -0.2) is 5.78 Å². The van der Waals surface area contributed by atoms with Gasteiger partial charge < -0.3 is 0 Å². The third kappa shape index (κ3) is 4.33. The molecule has 0 aliphatic carbocycles. The highest BCUT2D eigenvalue weighted by atomic mass is 32.2. The summed E-state index contributed by atoms with van der Waals surface area (Å²) in [5, 5.41) is 0.117. The van der Waals surface area contributed by atoms with Crippen LogP contribution < -0.4 is 0 Å². The maximum absolute atomic E-state index is 12.6. The molecule has 0 bridgehead atoms. The smallest absolute Gasteiger partial charge is 0.164 e. The van der Waals surface area contributed by atoms with Gasteiger partial charge in [-0.15, -0.1) is 11.8 Å². The van der Waals surface area contributed by atoms with Crippen molar-refractivity contribution in [2.45, 2.75) is 16.6 Å². The van der Waals surface area contributed by atoms with Gasteiger partial charge in [0, 0.05) is 22.1 Å². The Morgan fingerprint density at radius 2 is 1.26 bits per heavy atom. The van der Waals surface area contributed by atoms with Crippen LogP contribution in [0.1, 0.15) is 27.6 Å². The van der Waals surface area contributed by atoms with Gasteiger partial charge in [-0.1, -0.05) is 78.9 Å². The molecule has 0 amide bonds. The van der Waals surface area contributed by atoms with Crippen LogP contribution in [0.25, 0.3) is 0 Å².